The van der Waals surface area contributed by atoms with Gasteiger partial charge in [-0.05, 0) is 39.4 Å². The summed E-state index contributed by atoms with van der Waals surface area (Å²) in [4.78, 5) is 4.51. The van der Waals surface area contributed by atoms with Crippen LogP contribution >= 0.6 is 35.7 Å². The van der Waals surface area contributed by atoms with Gasteiger partial charge in [0.1, 0.15) is 0 Å². The first kappa shape index (κ1) is 19.3. The van der Waals surface area contributed by atoms with Gasteiger partial charge < -0.3 is 15.7 Å². The first-order chi connectivity index (χ1) is 8.51. The molecule has 0 aliphatic heterocycles. The quantitative estimate of drug-likeness (QED) is 0.363. The topological polar surface area (TPSA) is 56.7 Å². The summed E-state index contributed by atoms with van der Waals surface area (Å²) < 4.78 is 0. The van der Waals surface area contributed by atoms with Crippen LogP contribution in [0.3, 0.4) is 0 Å². The Bertz CT molecular complexity index is 289. The molecule has 6 heteroatoms. The molecule has 0 heterocycles. The van der Waals surface area contributed by atoms with Crippen molar-refractivity contribution in [3.63, 3.8) is 0 Å². The van der Waals surface area contributed by atoms with E-state index in [0.717, 1.165) is 31.1 Å². The van der Waals surface area contributed by atoms with Crippen molar-refractivity contribution in [3.05, 3.63) is 0 Å². The number of guanidine groups is 1. The van der Waals surface area contributed by atoms with Crippen molar-refractivity contribution in [2.45, 2.75) is 57.4 Å². The maximum Gasteiger partial charge on any atom is 0.191 e. The van der Waals surface area contributed by atoms with Gasteiger partial charge in [-0.15, -0.1) is 24.0 Å². The van der Waals surface area contributed by atoms with Crippen LogP contribution in [0, 0.1) is 0 Å². The predicted octanol–water partition coefficient (Wildman–Crippen LogP) is 2.21. The van der Waals surface area contributed by atoms with Gasteiger partial charge in [0.2, 0.25) is 0 Å². The highest BCUT2D eigenvalue weighted by Crippen LogP contribution is 2.41. The molecule has 19 heavy (non-hydrogen) atoms. The lowest BCUT2D eigenvalue weighted by Gasteiger charge is -2.44. The molecule has 2 unspecified atom stereocenters. The van der Waals surface area contributed by atoms with Crippen LogP contribution in [0.15, 0.2) is 4.99 Å². The van der Waals surface area contributed by atoms with Gasteiger partial charge in [0.25, 0.3) is 0 Å². The molecular formula is C13H28IN3OS. The maximum atomic E-state index is 10.5. The van der Waals surface area contributed by atoms with Crippen LogP contribution in [0.25, 0.3) is 0 Å². The van der Waals surface area contributed by atoms with Gasteiger partial charge >= 0.3 is 0 Å². The van der Waals surface area contributed by atoms with Crippen molar-refractivity contribution in [2.24, 2.45) is 4.99 Å². The number of halogens is 1. The Balaban J connectivity index is 0.00000324. The van der Waals surface area contributed by atoms with Crippen LogP contribution in [0.4, 0.5) is 0 Å². The molecule has 2 atom stereocenters. The molecule has 4 nitrogen and oxygen atoms in total. The largest absolute Gasteiger partial charge is 0.387 e. The first-order valence-electron chi connectivity index (χ1n) is 6.90. The molecule has 0 bridgehead atoms. The van der Waals surface area contributed by atoms with E-state index in [1.807, 2.05) is 18.7 Å². The van der Waals surface area contributed by atoms with Crippen molar-refractivity contribution in [2.75, 3.05) is 18.8 Å². The molecule has 1 rings (SSSR count). The molecule has 0 aromatic rings. The summed E-state index contributed by atoms with van der Waals surface area (Å²) in [6, 6.07) is 0.347. The minimum absolute atomic E-state index is 0. The Morgan fingerprint density at radius 3 is 2.58 bits per heavy atom. The van der Waals surface area contributed by atoms with Gasteiger partial charge in [-0.1, -0.05) is 6.92 Å². The third kappa shape index (κ3) is 6.08. The summed E-state index contributed by atoms with van der Waals surface area (Å²) in [5, 5.41) is 17.3. The van der Waals surface area contributed by atoms with Crippen molar-refractivity contribution >= 4 is 41.7 Å². The Labute approximate surface area is 138 Å². The SMILES string of the molecule is CCNC(=NCC1(O)CCC1SCC)NC(C)C.I. The number of nitrogens with zero attached hydrogens (tertiary/aromatic N) is 1. The fourth-order valence-electron chi connectivity index (χ4n) is 2.03. The Kier molecular flexibility index (Phi) is 9.43. The van der Waals surface area contributed by atoms with Crippen LogP contribution < -0.4 is 10.6 Å². The third-order valence-corrected chi connectivity index (χ3v) is 4.50. The van der Waals surface area contributed by atoms with Gasteiger partial charge in [0.15, 0.2) is 5.96 Å². The van der Waals surface area contributed by atoms with E-state index in [2.05, 4.69) is 36.4 Å². The zero-order chi connectivity index (χ0) is 13.6. The second-order valence-electron chi connectivity index (χ2n) is 5.08. The van der Waals surface area contributed by atoms with Gasteiger partial charge in [-0.25, -0.2) is 0 Å². The van der Waals surface area contributed by atoms with Crippen molar-refractivity contribution in [1.29, 1.82) is 0 Å². The van der Waals surface area contributed by atoms with E-state index in [0.29, 0.717) is 17.8 Å². The molecule has 1 aliphatic carbocycles. The van der Waals surface area contributed by atoms with Gasteiger partial charge in [0.05, 0.1) is 12.1 Å². The highest BCUT2D eigenvalue weighted by molar-refractivity contribution is 14.0. The van der Waals surface area contributed by atoms with E-state index < -0.39 is 5.60 Å². The molecule has 0 spiro atoms. The smallest absolute Gasteiger partial charge is 0.191 e. The summed E-state index contributed by atoms with van der Waals surface area (Å²) in [6.07, 6.45) is 1.98. The number of nitrogens with one attached hydrogen (secondary N) is 2. The molecule has 1 fully saturated rings. The molecule has 0 radical (unpaired) electrons. The third-order valence-electron chi connectivity index (χ3n) is 3.09. The van der Waals surface area contributed by atoms with E-state index >= 15 is 0 Å². The average Bonchev–Trinajstić information content (AvgIpc) is 2.31. The molecule has 0 aromatic carbocycles. The maximum absolute atomic E-state index is 10.5. The van der Waals surface area contributed by atoms with E-state index in [-0.39, 0.29) is 24.0 Å². The van der Waals surface area contributed by atoms with Crippen molar-refractivity contribution in [1.82, 2.24) is 10.6 Å². The van der Waals surface area contributed by atoms with Gasteiger partial charge in [-0.2, -0.15) is 11.8 Å². The molecule has 3 N–H and O–H groups in total. The number of hydrogen-bond donors (Lipinski definition) is 3. The lowest BCUT2D eigenvalue weighted by molar-refractivity contribution is -0.0154. The summed E-state index contributed by atoms with van der Waals surface area (Å²) in [5.74, 6) is 1.86. The van der Waals surface area contributed by atoms with Crippen molar-refractivity contribution in [3.8, 4) is 0 Å². The molecule has 0 aromatic heterocycles. The second-order valence-corrected chi connectivity index (χ2v) is 6.56. The van der Waals surface area contributed by atoms with Crippen LogP contribution in [0.5, 0.6) is 0 Å². The summed E-state index contributed by atoms with van der Waals surface area (Å²) in [6.45, 7) is 9.68. The van der Waals surface area contributed by atoms with Crippen molar-refractivity contribution < 1.29 is 5.11 Å². The monoisotopic (exact) mass is 401 g/mol. The van der Waals surface area contributed by atoms with E-state index in [4.69, 9.17) is 0 Å². The van der Waals surface area contributed by atoms with E-state index in [1.54, 1.807) is 0 Å². The van der Waals surface area contributed by atoms with Crippen LogP contribution in [0.2, 0.25) is 0 Å². The van der Waals surface area contributed by atoms with Gasteiger partial charge in [-0.3, -0.25) is 4.99 Å². The Morgan fingerprint density at radius 2 is 2.16 bits per heavy atom. The van der Waals surface area contributed by atoms with Gasteiger partial charge in [0, 0.05) is 17.8 Å². The standard InChI is InChI=1S/C13H27N3OS.HI/c1-5-14-12(16-10(3)4)15-9-13(17)8-7-11(13)18-6-2;/h10-11,17H,5-9H2,1-4H3,(H2,14,15,16);1H. The molecule has 114 valence electrons. The molecule has 0 saturated heterocycles. The number of aliphatic imine (C=N–C) groups is 1. The lowest BCUT2D eigenvalue weighted by Crippen LogP contribution is -2.53. The molecule has 0 amide bonds. The fraction of sp³-hybridized carbons (Fsp3) is 0.923. The van der Waals surface area contributed by atoms with E-state index in [9.17, 15) is 5.11 Å². The highest BCUT2D eigenvalue weighted by atomic mass is 127. The average molecular weight is 401 g/mol. The Morgan fingerprint density at radius 1 is 1.47 bits per heavy atom. The summed E-state index contributed by atoms with van der Waals surface area (Å²) in [7, 11) is 0. The summed E-state index contributed by atoms with van der Waals surface area (Å²) in [5.41, 5.74) is -0.597. The van der Waals surface area contributed by atoms with Crippen LogP contribution in [-0.2, 0) is 0 Å². The minimum Gasteiger partial charge on any atom is -0.387 e. The first-order valence-corrected chi connectivity index (χ1v) is 7.95. The van der Waals surface area contributed by atoms with Crippen LogP contribution in [-0.4, -0.2) is 46.8 Å². The predicted molar refractivity (Wildman–Crippen MR) is 95.8 cm³/mol. The zero-order valence-electron chi connectivity index (χ0n) is 12.4. The number of thioether (sulfide) groups is 1. The normalized spacial score (nSPS) is 26.6. The minimum atomic E-state index is -0.597. The molecular weight excluding hydrogens is 373 g/mol. The summed E-state index contributed by atoms with van der Waals surface area (Å²) >= 11 is 1.84. The highest BCUT2D eigenvalue weighted by Gasteiger charge is 2.45. The Hall–Kier alpha value is 0.310. The molecule has 1 aliphatic rings. The number of rotatable bonds is 6. The fourth-order valence-corrected chi connectivity index (χ4v) is 3.21. The zero-order valence-corrected chi connectivity index (χ0v) is 15.5. The second kappa shape index (κ2) is 9.28. The number of hydrogen-bond acceptors (Lipinski definition) is 3. The van der Waals surface area contributed by atoms with E-state index in [1.165, 1.54) is 0 Å². The van der Waals surface area contributed by atoms with Crippen LogP contribution in [0.1, 0.15) is 40.5 Å². The molecule has 1 saturated carbocycles. The lowest BCUT2D eigenvalue weighted by atomic mass is 9.79. The number of aliphatic hydroxyl groups is 1.